The van der Waals surface area contributed by atoms with Crippen molar-refractivity contribution in [2.24, 2.45) is 0 Å². The SMILES string of the molecule is O=[N+]([O-])c1ccc(C2SC(=[N+]3CCCCC3)S2)cc1. The van der Waals surface area contributed by atoms with Gasteiger partial charge < -0.3 is 0 Å². The second kappa shape index (κ2) is 5.54. The zero-order valence-electron chi connectivity index (χ0n) is 10.4. The van der Waals surface area contributed by atoms with Gasteiger partial charge in [0.2, 0.25) is 0 Å². The van der Waals surface area contributed by atoms with E-state index in [2.05, 4.69) is 4.58 Å². The van der Waals surface area contributed by atoms with Gasteiger partial charge in [-0.05, 0) is 35.5 Å². The van der Waals surface area contributed by atoms with Crippen molar-refractivity contribution in [2.45, 2.75) is 23.8 Å². The molecule has 0 N–H and O–H groups in total. The number of benzene rings is 1. The van der Waals surface area contributed by atoms with Gasteiger partial charge in [0.25, 0.3) is 10.1 Å². The molecule has 0 saturated carbocycles. The maximum absolute atomic E-state index is 10.6. The van der Waals surface area contributed by atoms with Crippen LogP contribution in [0.3, 0.4) is 0 Å². The van der Waals surface area contributed by atoms with Crippen LogP contribution in [0.15, 0.2) is 24.3 Å². The summed E-state index contributed by atoms with van der Waals surface area (Å²) in [5, 5.41) is 10.6. The summed E-state index contributed by atoms with van der Waals surface area (Å²) in [6.45, 7) is 2.37. The minimum atomic E-state index is -0.351. The monoisotopic (exact) mass is 295 g/mol. The normalized spacial score (nSPS) is 23.1. The molecule has 2 aliphatic heterocycles. The summed E-state index contributed by atoms with van der Waals surface area (Å²) in [5.74, 6) is 0. The lowest BCUT2D eigenvalue weighted by Gasteiger charge is -2.25. The molecule has 100 valence electrons. The first-order valence-electron chi connectivity index (χ1n) is 6.43. The molecule has 3 rings (SSSR count). The fourth-order valence-corrected chi connectivity index (χ4v) is 4.78. The van der Waals surface area contributed by atoms with E-state index in [0.29, 0.717) is 4.58 Å². The largest absolute Gasteiger partial charge is 0.272 e. The molecule has 0 unspecified atom stereocenters. The molecule has 6 heteroatoms. The van der Waals surface area contributed by atoms with Gasteiger partial charge in [-0.3, -0.25) is 10.1 Å². The van der Waals surface area contributed by atoms with E-state index in [1.54, 1.807) is 12.1 Å². The second-order valence-electron chi connectivity index (χ2n) is 4.73. The molecule has 2 saturated heterocycles. The smallest absolute Gasteiger partial charge is 0.258 e. The van der Waals surface area contributed by atoms with Crippen molar-refractivity contribution in [3.8, 4) is 0 Å². The molecule has 1 aromatic carbocycles. The minimum Gasteiger partial charge on any atom is -0.258 e. The lowest BCUT2D eigenvalue weighted by atomic mass is 10.2. The van der Waals surface area contributed by atoms with Crippen LogP contribution >= 0.6 is 23.5 Å². The predicted octanol–water partition coefficient (Wildman–Crippen LogP) is 3.63. The van der Waals surface area contributed by atoms with Gasteiger partial charge in [-0.25, -0.2) is 4.58 Å². The second-order valence-corrected chi connectivity index (χ2v) is 7.47. The molecular weight excluding hydrogens is 280 g/mol. The van der Waals surface area contributed by atoms with E-state index in [9.17, 15) is 10.1 Å². The summed E-state index contributed by atoms with van der Waals surface area (Å²) in [6.07, 6.45) is 3.95. The summed E-state index contributed by atoms with van der Waals surface area (Å²) in [7, 11) is 0. The molecule has 0 spiro atoms. The van der Waals surface area contributed by atoms with Crippen LogP contribution in [-0.4, -0.2) is 27.0 Å². The molecule has 2 aliphatic rings. The predicted molar refractivity (Wildman–Crippen MR) is 79.9 cm³/mol. The van der Waals surface area contributed by atoms with Crippen LogP contribution in [0.25, 0.3) is 0 Å². The Kier molecular flexibility index (Phi) is 3.79. The molecule has 19 heavy (non-hydrogen) atoms. The van der Waals surface area contributed by atoms with E-state index < -0.39 is 0 Å². The van der Waals surface area contributed by atoms with E-state index in [-0.39, 0.29) is 10.6 Å². The quantitative estimate of drug-likeness (QED) is 0.475. The molecule has 2 fully saturated rings. The van der Waals surface area contributed by atoms with Crippen molar-refractivity contribution < 1.29 is 9.50 Å². The van der Waals surface area contributed by atoms with Crippen molar-refractivity contribution in [3.63, 3.8) is 0 Å². The fraction of sp³-hybridized carbons (Fsp3) is 0.462. The molecule has 0 aliphatic carbocycles. The van der Waals surface area contributed by atoms with E-state index in [0.717, 1.165) is 0 Å². The highest BCUT2D eigenvalue weighted by Gasteiger charge is 2.36. The molecule has 0 radical (unpaired) electrons. The van der Waals surface area contributed by atoms with Crippen molar-refractivity contribution in [1.82, 2.24) is 0 Å². The van der Waals surface area contributed by atoms with Gasteiger partial charge in [-0.15, -0.1) is 0 Å². The lowest BCUT2D eigenvalue weighted by Crippen LogP contribution is -2.27. The average molecular weight is 295 g/mol. The number of non-ortho nitro benzene ring substituents is 1. The summed E-state index contributed by atoms with van der Waals surface area (Å²) >= 11 is 3.77. The van der Waals surface area contributed by atoms with Crippen LogP contribution in [0.4, 0.5) is 5.69 Å². The average Bonchev–Trinajstić information content (AvgIpc) is 2.39. The number of piperidine rings is 1. The van der Waals surface area contributed by atoms with Crippen LogP contribution < -0.4 is 0 Å². The van der Waals surface area contributed by atoms with Crippen LogP contribution in [0.2, 0.25) is 0 Å². The van der Waals surface area contributed by atoms with Gasteiger partial charge in [0.15, 0.2) is 0 Å². The van der Waals surface area contributed by atoms with Gasteiger partial charge in [-0.2, -0.15) is 0 Å². The summed E-state index contributed by atoms with van der Waals surface area (Å²) in [5.41, 5.74) is 1.33. The van der Waals surface area contributed by atoms with Crippen LogP contribution in [0, 0.1) is 10.1 Å². The third-order valence-corrected chi connectivity index (χ3v) is 6.45. The number of hydrogen-bond donors (Lipinski definition) is 0. The summed E-state index contributed by atoms with van der Waals surface area (Å²) < 4.78 is 4.29. The first-order chi connectivity index (χ1) is 9.24. The number of nitrogens with zero attached hydrogens (tertiary/aromatic N) is 2. The standard InChI is InChI=1S/C13H15N2O2S2/c16-15(17)11-6-4-10(5-7-11)12-18-13(19-12)14-8-2-1-3-9-14/h4-7,12H,1-3,8-9H2/q+1. The van der Waals surface area contributed by atoms with Crippen molar-refractivity contribution in [2.75, 3.05) is 13.1 Å². The number of rotatable bonds is 2. The summed E-state index contributed by atoms with van der Waals surface area (Å²) in [6, 6.07) is 6.93. The van der Waals surface area contributed by atoms with E-state index in [1.165, 1.54) is 42.3 Å². The molecule has 2 heterocycles. The molecule has 0 atom stereocenters. The number of thioether (sulfide) groups is 2. The highest BCUT2D eigenvalue weighted by molar-refractivity contribution is 8.52. The zero-order valence-corrected chi connectivity index (χ0v) is 12.1. The Hall–Kier alpha value is -1.01. The Morgan fingerprint density at radius 2 is 1.74 bits per heavy atom. The fourth-order valence-electron chi connectivity index (χ4n) is 2.31. The molecular formula is C13H15N2O2S2+. The topological polar surface area (TPSA) is 46.1 Å². The van der Waals surface area contributed by atoms with E-state index in [4.69, 9.17) is 0 Å². The molecule has 0 bridgehead atoms. The van der Waals surface area contributed by atoms with Gasteiger partial charge in [-0.1, -0.05) is 12.1 Å². The number of nitro groups is 1. The van der Waals surface area contributed by atoms with Gasteiger partial charge in [0, 0.05) is 25.0 Å². The van der Waals surface area contributed by atoms with Crippen LogP contribution in [0.1, 0.15) is 29.4 Å². The summed E-state index contributed by atoms with van der Waals surface area (Å²) in [4.78, 5) is 10.3. The Morgan fingerprint density at radius 1 is 1.11 bits per heavy atom. The Bertz CT molecular complexity index is 512. The zero-order chi connectivity index (χ0) is 13.2. The maximum Gasteiger partial charge on any atom is 0.272 e. The van der Waals surface area contributed by atoms with Gasteiger partial charge in [0.1, 0.15) is 13.1 Å². The first kappa shape index (κ1) is 13.0. The van der Waals surface area contributed by atoms with Gasteiger partial charge >= 0.3 is 0 Å². The minimum absolute atomic E-state index is 0.165. The molecule has 4 nitrogen and oxygen atoms in total. The number of nitro benzene ring substituents is 1. The lowest BCUT2D eigenvalue weighted by molar-refractivity contribution is -0.532. The van der Waals surface area contributed by atoms with E-state index >= 15 is 0 Å². The Morgan fingerprint density at radius 3 is 2.32 bits per heavy atom. The van der Waals surface area contributed by atoms with E-state index in [1.807, 2.05) is 35.7 Å². The van der Waals surface area contributed by atoms with Crippen molar-refractivity contribution in [1.29, 1.82) is 0 Å². The third-order valence-electron chi connectivity index (χ3n) is 3.41. The van der Waals surface area contributed by atoms with Crippen molar-refractivity contribution in [3.05, 3.63) is 39.9 Å². The highest BCUT2D eigenvalue weighted by atomic mass is 32.3. The molecule has 1 aromatic rings. The molecule has 0 aromatic heterocycles. The Labute approximate surface area is 120 Å². The van der Waals surface area contributed by atoms with Crippen molar-refractivity contribution >= 4 is 33.6 Å². The third kappa shape index (κ3) is 2.79. The first-order valence-corrected chi connectivity index (χ1v) is 8.19. The number of hydrogen-bond acceptors (Lipinski definition) is 4. The van der Waals surface area contributed by atoms with Crippen LogP contribution in [0.5, 0.6) is 0 Å². The molecule has 0 amide bonds. The van der Waals surface area contributed by atoms with Gasteiger partial charge in [0.05, 0.1) is 9.51 Å². The maximum atomic E-state index is 10.6. The highest BCUT2D eigenvalue weighted by Crippen LogP contribution is 2.54. The Balaban J connectivity index is 1.65. The van der Waals surface area contributed by atoms with Crippen LogP contribution in [-0.2, 0) is 0 Å².